The van der Waals surface area contributed by atoms with Crippen LogP contribution in [0.1, 0.15) is 25.7 Å². The van der Waals surface area contributed by atoms with E-state index in [2.05, 4.69) is 22.4 Å². The summed E-state index contributed by atoms with van der Waals surface area (Å²) >= 11 is 0. The van der Waals surface area contributed by atoms with Gasteiger partial charge in [-0.2, -0.15) is 0 Å². The van der Waals surface area contributed by atoms with Crippen LogP contribution in [0.4, 0.5) is 6.01 Å². The lowest BCUT2D eigenvalue weighted by Crippen LogP contribution is -2.43. The van der Waals surface area contributed by atoms with E-state index >= 15 is 0 Å². The first-order valence-corrected chi connectivity index (χ1v) is 5.60. The predicted octanol–water partition coefficient (Wildman–Crippen LogP) is 0.552. The van der Waals surface area contributed by atoms with Crippen LogP contribution in [0, 0.1) is 0 Å². The van der Waals surface area contributed by atoms with E-state index in [-0.39, 0.29) is 5.54 Å². The van der Waals surface area contributed by atoms with Crippen LogP contribution < -0.4 is 11.1 Å². The van der Waals surface area contributed by atoms with Gasteiger partial charge in [0.15, 0.2) is 0 Å². The van der Waals surface area contributed by atoms with Gasteiger partial charge in [0.05, 0.1) is 12.1 Å². The van der Waals surface area contributed by atoms with E-state index in [0.29, 0.717) is 31.5 Å². The predicted molar refractivity (Wildman–Crippen MR) is 59.1 cm³/mol. The highest BCUT2D eigenvalue weighted by Crippen LogP contribution is 2.23. The summed E-state index contributed by atoms with van der Waals surface area (Å²) in [6.45, 7) is 4.11. The Morgan fingerprint density at radius 2 is 2.38 bits per heavy atom. The highest BCUT2D eigenvalue weighted by Gasteiger charge is 2.29. The standard InChI is InChI=1S/C10H18N4O2/c1-10(4-2-6-15-7-10)12-9-14-13-8(16-9)3-5-11/h2-7,11H2,1H3,(H,12,14). The maximum atomic E-state index is 5.44. The van der Waals surface area contributed by atoms with Crippen molar-refractivity contribution in [2.75, 3.05) is 25.1 Å². The SMILES string of the molecule is CC1(Nc2nnc(CCN)o2)CCCOC1. The third-order valence-electron chi connectivity index (χ3n) is 2.67. The van der Waals surface area contributed by atoms with Crippen molar-refractivity contribution in [3.05, 3.63) is 5.89 Å². The summed E-state index contributed by atoms with van der Waals surface area (Å²) in [5.74, 6) is 0.574. The second-order valence-corrected chi connectivity index (χ2v) is 4.38. The zero-order chi connectivity index (χ0) is 11.4. The van der Waals surface area contributed by atoms with Crippen LogP contribution in [0.3, 0.4) is 0 Å². The molecule has 1 fully saturated rings. The Morgan fingerprint density at radius 3 is 3.06 bits per heavy atom. The van der Waals surface area contributed by atoms with Gasteiger partial charge in [0.2, 0.25) is 5.89 Å². The quantitative estimate of drug-likeness (QED) is 0.779. The van der Waals surface area contributed by atoms with Crippen LogP contribution in [-0.4, -0.2) is 35.5 Å². The molecule has 0 bridgehead atoms. The van der Waals surface area contributed by atoms with Crippen molar-refractivity contribution in [2.45, 2.75) is 31.7 Å². The first kappa shape index (κ1) is 11.3. The minimum absolute atomic E-state index is 0.106. The van der Waals surface area contributed by atoms with Crippen LogP contribution in [0.5, 0.6) is 0 Å². The van der Waals surface area contributed by atoms with Gasteiger partial charge in [0.25, 0.3) is 0 Å². The zero-order valence-electron chi connectivity index (χ0n) is 9.53. The Morgan fingerprint density at radius 1 is 1.50 bits per heavy atom. The number of hydrogen-bond acceptors (Lipinski definition) is 6. The Hall–Kier alpha value is -1.14. The molecule has 1 aromatic rings. The number of nitrogens with two attached hydrogens (primary N) is 1. The van der Waals surface area contributed by atoms with Gasteiger partial charge in [0.1, 0.15) is 0 Å². The van der Waals surface area contributed by atoms with Gasteiger partial charge in [-0.25, -0.2) is 0 Å². The summed E-state index contributed by atoms with van der Waals surface area (Å²) < 4.78 is 10.9. The maximum absolute atomic E-state index is 5.44. The number of aromatic nitrogens is 2. The van der Waals surface area contributed by atoms with Crippen LogP contribution in [0.25, 0.3) is 0 Å². The van der Waals surface area contributed by atoms with Crippen molar-refractivity contribution in [3.8, 4) is 0 Å². The summed E-state index contributed by atoms with van der Waals surface area (Å²) in [7, 11) is 0. The molecule has 1 atom stereocenters. The summed E-state index contributed by atoms with van der Waals surface area (Å²) in [4.78, 5) is 0. The number of anilines is 1. The molecule has 6 nitrogen and oxygen atoms in total. The molecule has 0 saturated carbocycles. The summed E-state index contributed by atoms with van der Waals surface area (Å²) in [6, 6.07) is 0.455. The monoisotopic (exact) mass is 226 g/mol. The molecule has 2 rings (SSSR count). The van der Waals surface area contributed by atoms with Crippen molar-refractivity contribution in [1.29, 1.82) is 0 Å². The Bertz CT molecular complexity index is 333. The minimum atomic E-state index is -0.106. The highest BCUT2D eigenvalue weighted by atomic mass is 16.5. The van der Waals surface area contributed by atoms with Gasteiger partial charge in [-0.3, -0.25) is 0 Å². The zero-order valence-corrected chi connectivity index (χ0v) is 9.53. The number of nitrogens with zero attached hydrogens (tertiary/aromatic N) is 2. The third-order valence-corrected chi connectivity index (χ3v) is 2.67. The van der Waals surface area contributed by atoms with E-state index in [9.17, 15) is 0 Å². The second kappa shape index (κ2) is 4.80. The molecule has 0 amide bonds. The van der Waals surface area contributed by atoms with Crippen molar-refractivity contribution in [1.82, 2.24) is 10.2 Å². The van der Waals surface area contributed by atoms with Gasteiger partial charge >= 0.3 is 6.01 Å². The Balaban J connectivity index is 1.96. The molecule has 90 valence electrons. The molecule has 16 heavy (non-hydrogen) atoms. The molecular weight excluding hydrogens is 208 g/mol. The lowest BCUT2D eigenvalue weighted by molar-refractivity contribution is 0.0530. The fourth-order valence-electron chi connectivity index (χ4n) is 1.82. The van der Waals surface area contributed by atoms with E-state index < -0.39 is 0 Å². The molecule has 0 spiro atoms. The molecule has 1 aliphatic rings. The average Bonchev–Trinajstić information content (AvgIpc) is 2.66. The highest BCUT2D eigenvalue weighted by molar-refractivity contribution is 5.24. The number of nitrogens with one attached hydrogen (secondary N) is 1. The van der Waals surface area contributed by atoms with Crippen molar-refractivity contribution < 1.29 is 9.15 Å². The van der Waals surface area contributed by atoms with E-state index in [1.807, 2.05) is 0 Å². The molecule has 3 N–H and O–H groups in total. The molecule has 2 heterocycles. The van der Waals surface area contributed by atoms with Gasteiger partial charge in [0, 0.05) is 19.6 Å². The smallest absolute Gasteiger partial charge is 0.315 e. The van der Waals surface area contributed by atoms with E-state index in [1.54, 1.807) is 0 Å². The van der Waals surface area contributed by atoms with Gasteiger partial charge in [-0.15, -0.1) is 5.10 Å². The Labute approximate surface area is 94.6 Å². The third kappa shape index (κ3) is 2.70. The number of hydrogen-bond donors (Lipinski definition) is 2. The van der Waals surface area contributed by atoms with E-state index in [1.165, 1.54) is 0 Å². The van der Waals surface area contributed by atoms with Gasteiger partial charge in [-0.05, 0) is 19.8 Å². The first-order chi connectivity index (χ1) is 7.72. The lowest BCUT2D eigenvalue weighted by atomic mass is 9.95. The van der Waals surface area contributed by atoms with Crippen LogP contribution in [0.2, 0.25) is 0 Å². The van der Waals surface area contributed by atoms with Crippen molar-refractivity contribution in [2.24, 2.45) is 5.73 Å². The molecule has 0 aliphatic carbocycles. The fraction of sp³-hybridized carbons (Fsp3) is 0.800. The average molecular weight is 226 g/mol. The summed E-state index contributed by atoms with van der Waals surface area (Å²) in [5.41, 5.74) is 5.31. The van der Waals surface area contributed by atoms with Crippen LogP contribution in [0.15, 0.2) is 4.42 Å². The summed E-state index contributed by atoms with van der Waals surface area (Å²) in [6.07, 6.45) is 2.71. The van der Waals surface area contributed by atoms with Gasteiger partial charge in [-0.1, -0.05) is 5.10 Å². The number of rotatable bonds is 4. The van der Waals surface area contributed by atoms with Crippen molar-refractivity contribution in [3.63, 3.8) is 0 Å². The molecular formula is C10H18N4O2. The second-order valence-electron chi connectivity index (χ2n) is 4.38. The van der Waals surface area contributed by atoms with Crippen LogP contribution >= 0.6 is 0 Å². The molecule has 0 aromatic carbocycles. The molecule has 6 heteroatoms. The fourth-order valence-corrected chi connectivity index (χ4v) is 1.82. The first-order valence-electron chi connectivity index (χ1n) is 5.60. The van der Waals surface area contributed by atoms with Crippen LogP contribution in [-0.2, 0) is 11.2 Å². The summed E-state index contributed by atoms with van der Waals surface area (Å²) in [5, 5.41) is 11.1. The van der Waals surface area contributed by atoms with Crippen molar-refractivity contribution >= 4 is 6.01 Å². The molecule has 1 aliphatic heterocycles. The minimum Gasteiger partial charge on any atom is -0.408 e. The van der Waals surface area contributed by atoms with E-state index in [0.717, 1.165) is 19.4 Å². The van der Waals surface area contributed by atoms with Gasteiger partial charge < -0.3 is 20.2 Å². The molecule has 1 unspecified atom stereocenters. The Kier molecular flexibility index (Phi) is 3.40. The number of ether oxygens (including phenoxy) is 1. The van der Waals surface area contributed by atoms with E-state index in [4.69, 9.17) is 14.9 Å². The lowest BCUT2D eigenvalue weighted by Gasteiger charge is -2.33. The normalized spacial score (nSPS) is 25.6. The molecule has 1 saturated heterocycles. The molecule has 0 radical (unpaired) electrons. The maximum Gasteiger partial charge on any atom is 0.315 e. The molecule has 1 aromatic heterocycles. The topological polar surface area (TPSA) is 86.2 Å². The largest absolute Gasteiger partial charge is 0.408 e.